The van der Waals surface area contributed by atoms with E-state index in [1.165, 1.54) is 0 Å². The summed E-state index contributed by atoms with van der Waals surface area (Å²) in [5, 5.41) is 9.32. The third-order valence-electron chi connectivity index (χ3n) is 1.44. The predicted octanol–water partition coefficient (Wildman–Crippen LogP) is 1.82. The van der Waals surface area contributed by atoms with Gasteiger partial charge in [0.05, 0.1) is 6.07 Å². The summed E-state index contributed by atoms with van der Waals surface area (Å²) in [5.74, 6) is 0.971. The van der Waals surface area contributed by atoms with Gasteiger partial charge in [-0.3, -0.25) is 0 Å². The molecule has 1 aromatic rings. The smallest absolute Gasteiger partial charge is 0.167 e. The highest BCUT2D eigenvalue weighted by Crippen LogP contribution is 2.15. The Kier molecular flexibility index (Phi) is 3.68. The molecule has 0 fully saturated rings. The molecule has 0 aliphatic heterocycles. The normalized spacial score (nSPS) is 9.67. The molecule has 0 aliphatic carbocycles. The average Bonchev–Trinajstić information content (AvgIpc) is 2.46. The molecule has 0 bridgehead atoms. The van der Waals surface area contributed by atoms with Crippen LogP contribution in [-0.4, -0.2) is 15.3 Å². The summed E-state index contributed by atoms with van der Waals surface area (Å²) < 4.78 is 1.98. The number of aryl methyl sites for hydroxylation is 1. The van der Waals surface area contributed by atoms with Crippen LogP contribution in [0.3, 0.4) is 0 Å². The van der Waals surface area contributed by atoms with Crippen LogP contribution < -0.4 is 0 Å². The van der Waals surface area contributed by atoms with Crippen LogP contribution in [0.4, 0.5) is 0 Å². The molecule has 4 heteroatoms. The maximum atomic E-state index is 8.30. The first-order chi connectivity index (χ1) is 5.84. The topological polar surface area (TPSA) is 41.6 Å². The van der Waals surface area contributed by atoms with Crippen LogP contribution in [0, 0.1) is 11.3 Å². The molecule has 1 rings (SSSR count). The Bertz CT molecular complexity index is 274. The lowest BCUT2D eigenvalue weighted by atomic mass is 10.4. The highest BCUT2D eigenvalue weighted by atomic mass is 32.2. The number of rotatable bonds is 4. The van der Waals surface area contributed by atoms with E-state index in [0.29, 0.717) is 6.42 Å². The van der Waals surface area contributed by atoms with E-state index < -0.39 is 0 Å². The number of nitrogens with zero attached hydrogens (tertiary/aromatic N) is 3. The lowest BCUT2D eigenvalue weighted by molar-refractivity contribution is 0.788. The van der Waals surface area contributed by atoms with Gasteiger partial charge >= 0.3 is 0 Å². The van der Waals surface area contributed by atoms with Crippen LogP contribution in [0.1, 0.15) is 12.8 Å². The molecule has 1 heterocycles. The van der Waals surface area contributed by atoms with Gasteiger partial charge in [0.15, 0.2) is 5.16 Å². The maximum absolute atomic E-state index is 8.30. The summed E-state index contributed by atoms with van der Waals surface area (Å²) in [5.41, 5.74) is 0. The average molecular weight is 181 g/mol. The molecule has 0 amide bonds. The van der Waals surface area contributed by atoms with Crippen LogP contribution in [0.5, 0.6) is 0 Å². The van der Waals surface area contributed by atoms with E-state index in [0.717, 1.165) is 17.3 Å². The van der Waals surface area contributed by atoms with Crippen molar-refractivity contribution >= 4 is 11.8 Å². The molecule has 0 atom stereocenters. The van der Waals surface area contributed by atoms with Gasteiger partial charge in [-0.1, -0.05) is 11.8 Å². The van der Waals surface area contributed by atoms with Crippen LogP contribution in [0.2, 0.25) is 0 Å². The van der Waals surface area contributed by atoms with Crippen molar-refractivity contribution in [2.45, 2.75) is 18.0 Å². The zero-order valence-electron chi connectivity index (χ0n) is 7.03. The number of imidazole rings is 1. The first-order valence-electron chi connectivity index (χ1n) is 3.81. The van der Waals surface area contributed by atoms with Gasteiger partial charge in [0, 0.05) is 31.6 Å². The quantitative estimate of drug-likeness (QED) is 0.525. The van der Waals surface area contributed by atoms with Crippen molar-refractivity contribution in [1.29, 1.82) is 5.26 Å². The second-order valence-corrected chi connectivity index (χ2v) is 3.49. The lowest BCUT2D eigenvalue weighted by Gasteiger charge is -1.98. The number of nitriles is 1. The molecular weight excluding hydrogens is 170 g/mol. The van der Waals surface area contributed by atoms with Gasteiger partial charge in [0.2, 0.25) is 0 Å². The minimum atomic E-state index is 0.636. The molecule has 0 saturated heterocycles. The van der Waals surface area contributed by atoms with Crippen molar-refractivity contribution in [1.82, 2.24) is 9.55 Å². The fourth-order valence-corrected chi connectivity index (χ4v) is 1.68. The molecule has 0 spiro atoms. The molecule has 0 aliphatic rings. The van der Waals surface area contributed by atoms with Crippen molar-refractivity contribution in [2.24, 2.45) is 7.05 Å². The number of hydrogen-bond acceptors (Lipinski definition) is 3. The molecular formula is C8H11N3S. The first kappa shape index (κ1) is 9.14. The Morgan fingerprint density at radius 1 is 1.75 bits per heavy atom. The zero-order chi connectivity index (χ0) is 8.81. The van der Waals surface area contributed by atoms with Crippen LogP contribution in [-0.2, 0) is 7.05 Å². The number of unbranched alkanes of at least 4 members (excludes halogenated alkanes) is 1. The maximum Gasteiger partial charge on any atom is 0.167 e. The van der Waals surface area contributed by atoms with Crippen LogP contribution in [0.15, 0.2) is 17.6 Å². The number of hydrogen-bond donors (Lipinski definition) is 0. The molecule has 64 valence electrons. The Morgan fingerprint density at radius 3 is 3.17 bits per heavy atom. The largest absolute Gasteiger partial charge is 0.329 e. The summed E-state index contributed by atoms with van der Waals surface area (Å²) in [6.45, 7) is 0. The number of thioether (sulfide) groups is 1. The molecule has 0 N–H and O–H groups in total. The summed E-state index contributed by atoms with van der Waals surface area (Å²) >= 11 is 1.69. The number of aromatic nitrogens is 2. The second-order valence-electron chi connectivity index (χ2n) is 2.43. The molecule has 1 aromatic heterocycles. The minimum absolute atomic E-state index is 0.636. The van der Waals surface area contributed by atoms with Crippen molar-refractivity contribution < 1.29 is 0 Å². The van der Waals surface area contributed by atoms with Crippen LogP contribution in [0.25, 0.3) is 0 Å². The Hall–Kier alpha value is -0.950. The zero-order valence-corrected chi connectivity index (χ0v) is 7.84. The first-order valence-corrected chi connectivity index (χ1v) is 4.80. The highest BCUT2D eigenvalue weighted by Gasteiger charge is 1.97. The van der Waals surface area contributed by atoms with Gasteiger partial charge < -0.3 is 4.57 Å². The third-order valence-corrected chi connectivity index (χ3v) is 2.59. The van der Waals surface area contributed by atoms with Gasteiger partial charge in [0.25, 0.3) is 0 Å². The Morgan fingerprint density at radius 2 is 2.58 bits per heavy atom. The fraction of sp³-hybridized carbons (Fsp3) is 0.500. The lowest BCUT2D eigenvalue weighted by Crippen LogP contribution is -1.89. The van der Waals surface area contributed by atoms with Crippen LogP contribution >= 0.6 is 11.8 Å². The predicted molar refractivity (Wildman–Crippen MR) is 48.8 cm³/mol. The van der Waals surface area contributed by atoms with Gasteiger partial charge in [-0.25, -0.2) is 4.98 Å². The van der Waals surface area contributed by atoms with Crippen molar-refractivity contribution in [3.05, 3.63) is 12.4 Å². The van der Waals surface area contributed by atoms with Crippen molar-refractivity contribution in [3.63, 3.8) is 0 Å². The van der Waals surface area contributed by atoms with Crippen molar-refractivity contribution in [2.75, 3.05) is 5.75 Å². The molecule has 3 nitrogen and oxygen atoms in total. The van der Waals surface area contributed by atoms with E-state index >= 15 is 0 Å². The van der Waals surface area contributed by atoms with Gasteiger partial charge in [-0.2, -0.15) is 5.26 Å². The molecule has 0 unspecified atom stereocenters. The van der Waals surface area contributed by atoms with Gasteiger partial charge in [0.1, 0.15) is 0 Å². The standard InChI is InChI=1S/C8H11N3S/c1-11-6-5-10-8(11)12-7-3-2-4-9/h5-6H,2-3,7H2,1H3. The van der Waals surface area contributed by atoms with E-state index in [9.17, 15) is 0 Å². The van der Waals surface area contributed by atoms with E-state index in [1.807, 2.05) is 17.8 Å². The molecule has 0 aromatic carbocycles. The Labute approximate surface area is 76.4 Å². The summed E-state index contributed by atoms with van der Waals surface area (Å²) in [4.78, 5) is 4.16. The van der Waals surface area contributed by atoms with E-state index in [2.05, 4.69) is 11.1 Å². The van der Waals surface area contributed by atoms with Gasteiger partial charge in [-0.05, 0) is 6.42 Å². The van der Waals surface area contributed by atoms with Gasteiger partial charge in [-0.15, -0.1) is 0 Å². The molecule has 0 saturated carbocycles. The van der Waals surface area contributed by atoms with E-state index in [1.54, 1.807) is 18.0 Å². The van der Waals surface area contributed by atoms with E-state index in [-0.39, 0.29) is 0 Å². The summed E-state index contributed by atoms with van der Waals surface area (Å²) in [6.07, 6.45) is 5.28. The van der Waals surface area contributed by atoms with E-state index in [4.69, 9.17) is 5.26 Å². The SMILES string of the molecule is Cn1ccnc1SCCCC#N. The summed E-state index contributed by atoms with van der Waals surface area (Å²) in [6, 6.07) is 2.12. The Balaban J connectivity index is 2.25. The molecule has 12 heavy (non-hydrogen) atoms. The molecule has 0 radical (unpaired) electrons. The minimum Gasteiger partial charge on any atom is -0.329 e. The monoisotopic (exact) mass is 181 g/mol. The third kappa shape index (κ3) is 2.59. The summed E-state index contributed by atoms with van der Waals surface area (Å²) in [7, 11) is 1.97. The second kappa shape index (κ2) is 4.83. The van der Waals surface area contributed by atoms with Crippen molar-refractivity contribution in [3.8, 4) is 6.07 Å². The fourth-order valence-electron chi connectivity index (χ4n) is 0.806. The highest BCUT2D eigenvalue weighted by molar-refractivity contribution is 7.99.